The first-order valence-corrected chi connectivity index (χ1v) is 13.3. The lowest BCUT2D eigenvalue weighted by molar-refractivity contribution is -0.126. The number of anilines is 1. The van der Waals surface area contributed by atoms with E-state index in [9.17, 15) is 14.0 Å². The van der Waals surface area contributed by atoms with Gasteiger partial charge in [-0.3, -0.25) is 4.79 Å². The number of benzene rings is 1. The molecule has 40 heavy (non-hydrogen) atoms. The normalized spacial score (nSPS) is 15.9. The van der Waals surface area contributed by atoms with Crippen molar-refractivity contribution in [2.45, 2.75) is 39.2 Å². The number of hydrogen-bond acceptors (Lipinski definition) is 7. The number of halogens is 2. The molecule has 1 amide bonds. The Labute approximate surface area is 236 Å². The maximum atomic E-state index is 14.9. The number of piperazine rings is 1. The molecule has 1 aromatic carbocycles. The minimum atomic E-state index is -0.589. The summed E-state index contributed by atoms with van der Waals surface area (Å²) in [5, 5.41) is 0.711. The lowest BCUT2D eigenvalue weighted by atomic mass is 9.91. The standard InChI is InChI=1S/C29H29ClFN7O2/c1-6-23(39)36-11-12-37(17(2)15-36)26-19-13-20(30)24(18-9-7-8-10-21(18)31)34-27(19)38(28(40)35-26)22-14-32-16-33-25(22)29(3,4)5/h6-10,13-14,16-17H,1,11-12,15H2,2-5H3. The van der Waals surface area contributed by atoms with Crippen molar-refractivity contribution >= 4 is 34.4 Å². The summed E-state index contributed by atoms with van der Waals surface area (Å²) in [6, 6.07) is 7.69. The summed E-state index contributed by atoms with van der Waals surface area (Å²) in [5.74, 6) is -0.259. The molecule has 4 heterocycles. The van der Waals surface area contributed by atoms with Crippen molar-refractivity contribution in [1.82, 2.24) is 29.4 Å². The number of nitrogens with zero attached hydrogens (tertiary/aromatic N) is 7. The quantitative estimate of drug-likeness (QED) is 0.337. The number of hydrogen-bond donors (Lipinski definition) is 0. The first-order chi connectivity index (χ1) is 19.0. The van der Waals surface area contributed by atoms with Crippen LogP contribution in [0.4, 0.5) is 10.2 Å². The predicted octanol–water partition coefficient (Wildman–Crippen LogP) is 4.55. The highest BCUT2D eigenvalue weighted by Gasteiger charge is 2.31. The molecule has 0 spiro atoms. The maximum absolute atomic E-state index is 14.9. The molecule has 1 aliphatic rings. The molecule has 0 N–H and O–H groups in total. The zero-order valence-electron chi connectivity index (χ0n) is 22.7. The summed E-state index contributed by atoms with van der Waals surface area (Å²) in [7, 11) is 0. The molecule has 1 aliphatic heterocycles. The Morgan fingerprint density at radius 3 is 2.62 bits per heavy atom. The third-order valence-corrected chi connectivity index (χ3v) is 7.25. The van der Waals surface area contributed by atoms with Gasteiger partial charge in [0.05, 0.1) is 33.7 Å². The molecule has 0 aliphatic carbocycles. The van der Waals surface area contributed by atoms with Crippen LogP contribution in [0, 0.1) is 5.82 Å². The lowest BCUT2D eigenvalue weighted by Gasteiger charge is -2.40. The smallest absolute Gasteiger partial charge is 0.350 e. The molecule has 0 saturated carbocycles. The second-order valence-corrected chi connectivity index (χ2v) is 11.2. The van der Waals surface area contributed by atoms with E-state index in [1.165, 1.54) is 23.0 Å². The highest BCUT2D eigenvalue weighted by atomic mass is 35.5. The van der Waals surface area contributed by atoms with Crippen LogP contribution in [0.3, 0.4) is 0 Å². The highest BCUT2D eigenvalue weighted by molar-refractivity contribution is 6.33. The molecule has 0 radical (unpaired) electrons. The van der Waals surface area contributed by atoms with Gasteiger partial charge >= 0.3 is 5.69 Å². The van der Waals surface area contributed by atoms with Crippen LogP contribution in [-0.2, 0) is 10.2 Å². The Morgan fingerprint density at radius 1 is 1.20 bits per heavy atom. The van der Waals surface area contributed by atoms with Gasteiger partial charge in [-0.1, -0.05) is 51.1 Å². The summed E-state index contributed by atoms with van der Waals surface area (Å²) in [5.41, 5.74) is 0.663. The van der Waals surface area contributed by atoms with Crippen LogP contribution in [-0.4, -0.2) is 61.0 Å². The summed E-state index contributed by atoms with van der Waals surface area (Å²) in [4.78, 5) is 47.7. The monoisotopic (exact) mass is 561 g/mol. The average molecular weight is 562 g/mol. The Kier molecular flexibility index (Phi) is 7.14. The van der Waals surface area contributed by atoms with Gasteiger partial charge in [-0.15, -0.1) is 0 Å². The van der Waals surface area contributed by atoms with Crippen molar-refractivity contribution in [1.29, 1.82) is 0 Å². The average Bonchev–Trinajstić information content (AvgIpc) is 2.92. The first-order valence-electron chi connectivity index (χ1n) is 12.9. The van der Waals surface area contributed by atoms with Gasteiger partial charge in [-0.25, -0.2) is 28.7 Å². The fourth-order valence-electron chi connectivity index (χ4n) is 5.05. The van der Waals surface area contributed by atoms with Crippen molar-refractivity contribution in [3.8, 4) is 16.9 Å². The van der Waals surface area contributed by atoms with E-state index < -0.39 is 16.9 Å². The van der Waals surface area contributed by atoms with Crippen LogP contribution in [0.2, 0.25) is 5.02 Å². The van der Waals surface area contributed by atoms with E-state index in [1.807, 2.05) is 32.6 Å². The number of rotatable bonds is 4. The van der Waals surface area contributed by atoms with E-state index in [0.717, 1.165) is 0 Å². The fourth-order valence-corrected chi connectivity index (χ4v) is 5.30. The number of carbonyl (C=O) groups excluding carboxylic acids is 1. The van der Waals surface area contributed by atoms with E-state index >= 15 is 0 Å². The van der Waals surface area contributed by atoms with Gasteiger partial charge in [0.15, 0.2) is 5.65 Å². The Hall–Kier alpha value is -4.18. The van der Waals surface area contributed by atoms with Gasteiger partial charge in [0.25, 0.3) is 0 Å². The van der Waals surface area contributed by atoms with Crippen molar-refractivity contribution in [2.75, 3.05) is 24.5 Å². The molecule has 1 saturated heterocycles. The van der Waals surface area contributed by atoms with Crippen LogP contribution < -0.4 is 10.6 Å². The third-order valence-electron chi connectivity index (χ3n) is 6.96. The van der Waals surface area contributed by atoms with Gasteiger partial charge in [-0.2, -0.15) is 4.98 Å². The van der Waals surface area contributed by atoms with Crippen LogP contribution in [0.25, 0.3) is 28.0 Å². The molecular formula is C29H29ClFN7O2. The topological polar surface area (TPSA) is 97.1 Å². The van der Waals surface area contributed by atoms with Crippen LogP contribution >= 0.6 is 11.6 Å². The molecule has 11 heteroatoms. The predicted molar refractivity (Wildman–Crippen MR) is 153 cm³/mol. The van der Waals surface area contributed by atoms with E-state index in [2.05, 4.69) is 21.5 Å². The molecule has 206 valence electrons. The third kappa shape index (κ3) is 4.83. The number of fused-ring (bicyclic) bond motifs is 1. The minimum absolute atomic E-state index is 0.155. The van der Waals surface area contributed by atoms with E-state index in [1.54, 1.807) is 35.4 Å². The largest absolute Gasteiger partial charge is 0.355 e. The van der Waals surface area contributed by atoms with Crippen molar-refractivity contribution in [3.63, 3.8) is 0 Å². The number of pyridine rings is 1. The zero-order chi connectivity index (χ0) is 28.8. The summed E-state index contributed by atoms with van der Waals surface area (Å²) in [6.45, 7) is 12.8. The molecule has 0 bridgehead atoms. The van der Waals surface area contributed by atoms with Crippen molar-refractivity contribution in [2.24, 2.45) is 0 Å². The molecule has 1 atom stereocenters. The molecule has 1 unspecified atom stereocenters. The SMILES string of the molecule is C=CC(=O)N1CCN(c2nc(=O)n(-c3cncnc3C(C)(C)C)c3nc(-c4ccccc4F)c(Cl)cc23)C(C)C1. The molecule has 9 nitrogen and oxygen atoms in total. The molecule has 1 fully saturated rings. The Bertz CT molecular complexity index is 1700. The second-order valence-electron chi connectivity index (χ2n) is 10.8. The summed E-state index contributed by atoms with van der Waals surface area (Å²) in [6.07, 6.45) is 4.27. The van der Waals surface area contributed by atoms with Gasteiger partial charge in [0.2, 0.25) is 5.91 Å². The Balaban J connectivity index is 1.80. The first kappa shape index (κ1) is 27.4. The summed E-state index contributed by atoms with van der Waals surface area (Å²) < 4.78 is 16.2. The molecule has 3 aromatic heterocycles. The lowest BCUT2D eigenvalue weighted by Crippen LogP contribution is -2.54. The van der Waals surface area contributed by atoms with Crippen LogP contribution in [0.5, 0.6) is 0 Å². The van der Waals surface area contributed by atoms with Crippen molar-refractivity contribution < 1.29 is 9.18 Å². The van der Waals surface area contributed by atoms with Gasteiger partial charge in [-0.05, 0) is 31.2 Å². The van der Waals surface area contributed by atoms with Crippen molar-refractivity contribution in [3.05, 3.63) is 82.5 Å². The summed E-state index contributed by atoms with van der Waals surface area (Å²) >= 11 is 6.73. The number of amides is 1. The fraction of sp³-hybridized carbons (Fsp3) is 0.310. The van der Waals surface area contributed by atoms with Gasteiger partial charge < -0.3 is 9.80 Å². The molecule has 4 aromatic rings. The minimum Gasteiger partial charge on any atom is -0.350 e. The highest BCUT2D eigenvalue weighted by Crippen LogP contribution is 2.36. The molecular weight excluding hydrogens is 533 g/mol. The van der Waals surface area contributed by atoms with E-state index in [-0.39, 0.29) is 33.9 Å². The van der Waals surface area contributed by atoms with E-state index in [4.69, 9.17) is 16.6 Å². The Morgan fingerprint density at radius 2 is 1.95 bits per heavy atom. The van der Waals surface area contributed by atoms with E-state index in [0.29, 0.717) is 42.2 Å². The molecule has 5 rings (SSSR count). The number of aromatic nitrogens is 5. The zero-order valence-corrected chi connectivity index (χ0v) is 23.5. The maximum Gasteiger partial charge on any atom is 0.355 e. The van der Waals surface area contributed by atoms with Gasteiger partial charge in [0.1, 0.15) is 18.0 Å². The van der Waals surface area contributed by atoms with Gasteiger partial charge in [0, 0.05) is 36.7 Å². The second kappa shape index (κ2) is 10.4. The number of carbonyl (C=O) groups is 1. The van der Waals surface area contributed by atoms with Crippen LogP contribution in [0.1, 0.15) is 33.4 Å². The van der Waals surface area contributed by atoms with Crippen LogP contribution in [0.15, 0.2) is 60.3 Å².